The van der Waals surface area contributed by atoms with Gasteiger partial charge < -0.3 is 14.7 Å². The van der Waals surface area contributed by atoms with Crippen molar-refractivity contribution < 1.29 is 24.3 Å². The zero-order valence-corrected chi connectivity index (χ0v) is 15.7. The van der Waals surface area contributed by atoms with Crippen LogP contribution in [0.1, 0.15) is 11.1 Å². The predicted molar refractivity (Wildman–Crippen MR) is 107 cm³/mol. The van der Waals surface area contributed by atoms with Crippen LogP contribution in [0.2, 0.25) is 0 Å². The summed E-state index contributed by atoms with van der Waals surface area (Å²) in [5.41, 5.74) is 5.56. The molecule has 29 heavy (non-hydrogen) atoms. The summed E-state index contributed by atoms with van der Waals surface area (Å²) in [7, 11) is 0. The Morgan fingerprint density at radius 2 is 1.38 bits per heavy atom. The lowest BCUT2D eigenvalue weighted by Gasteiger charge is -2.11. The minimum atomic E-state index is -1.41. The first kappa shape index (κ1) is 20.1. The molecule has 2 N–H and O–H groups in total. The molecule has 0 saturated carbocycles. The molecule has 1 atom stereocenters. The van der Waals surface area contributed by atoms with Crippen molar-refractivity contribution in [1.29, 1.82) is 0 Å². The molecule has 0 heterocycles. The number of carbonyl (C=O) groups excluding carboxylic acids is 2. The first-order chi connectivity index (χ1) is 14.1. The average molecular weight is 391 g/mol. The van der Waals surface area contributed by atoms with Gasteiger partial charge in [-0.3, -0.25) is 0 Å². The van der Waals surface area contributed by atoms with Crippen LogP contribution in [0.4, 0.5) is 4.79 Å². The molecule has 148 valence electrons. The fraction of sp³-hybridized carbons (Fsp3) is 0.130. The fourth-order valence-corrected chi connectivity index (χ4v) is 2.68. The number of carbonyl (C=O) groups is 2. The lowest BCUT2D eigenvalue weighted by molar-refractivity contribution is -0.159. The van der Waals surface area contributed by atoms with Crippen molar-refractivity contribution in [2.45, 2.75) is 19.1 Å². The zero-order valence-electron chi connectivity index (χ0n) is 15.7. The number of ether oxygens (including phenoxy) is 1. The fourth-order valence-electron chi connectivity index (χ4n) is 2.68. The van der Waals surface area contributed by atoms with E-state index in [9.17, 15) is 14.7 Å². The van der Waals surface area contributed by atoms with Crippen molar-refractivity contribution in [2.24, 2.45) is 0 Å². The molecule has 6 nitrogen and oxygen atoms in total. The molecule has 0 aliphatic heterocycles. The van der Waals surface area contributed by atoms with Crippen LogP contribution in [-0.2, 0) is 27.4 Å². The van der Waals surface area contributed by atoms with Gasteiger partial charge in [-0.1, -0.05) is 84.9 Å². The Labute approximate surface area is 168 Å². The van der Waals surface area contributed by atoms with Crippen molar-refractivity contribution >= 4 is 12.1 Å². The van der Waals surface area contributed by atoms with E-state index < -0.39 is 18.2 Å². The number of nitrogens with one attached hydrogen (secondary N) is 1. The van der Waals surface area contributed by atoms with Crippen LogP contribution in [-0.4, -0.2) is 23.3 Å². The minimum absolute atomic E-state index is 0.0422. The van der Waals surface area contributed by atoms with E-state index in [4.69, 9.17) is 4.74 Å². The van der Waals surface area contributed by atoms with E-state index in [2.05, 4.69) is 4.84 Å². The van der Waals surface area contributed by atoms with Gasteiger partial charge in [0.2, 0.25) is 0 Å². The molecular weight excluding hydrogens is 370 g/mol. The molecule has 1 amide bonds. The van der Waals surface area contributed by atoms with Gasteiger partial charge in [-0.2, -0.15) is 0 Å². The van der Waals surface area contributed by atoms with Crippen molar-refractivity contribution in [2.75, 3.05) is 0 Å². The number of aliphatic hydroxyl groups is 1. The van der Waals surface area contributed by atoms with Gasteiger partial charge in [0.1, 0.15) is 6.61 Å². The van der Waals surface area contributed by atoms with Crippen LogP contribution in [0.15, 0.2) is 84.9 Å². The first-order valence-corrected chi connectivity index (χ1v) is 9.11. The molecule has 0 fully saturated rings. The van der Waals surface area contributed by atoms with E-state index in [1.54, 1.807) is 12.1 Å². The SMILES string of the molecule is O=C(NOC(=O)[C@H](O)Cc1ccc(-c2ccccc2)cc1)OCc1ccccc1. The van der Waals surface area contributed by atoms with Gasteiger partial charge in [0.15, 0.2) is 6.10 Å². The van der Waals surface area contributed by atoms with Crippen molar-refractivity contribution in [1.82, 2.24) is 5.48 Å². The van der Waals surface area contributed by atoms with Crippen molar-refractivity contribution in [3.05, 3.63) is 96.1 Å². The third-order valence-corrected chi connectivity index (χ3v) is 4.21. The molecule has 6 heteroatoms. The normalized spacial score (nSPS) is 11.3. The largest absolute Gasteiger partial charge is 0.443 e. The van der Waals surface area contributed by atoms with Gasteiger partial charge in [0.05, 0.1) is 0 Å². The van der Waals surface area contributed by atoms with Gasteiger partial charge in [0, 0.05) is 6.42 Å². The molecule has 3 aromatic carbocycles. The van der Waals surface area contributed by atoms with Crippen molar-refractivity contribution in [3.8, 4) is 11.1 Å². The van der Waals surface area contributed by atoms with E-state index in [1.165, 1.54) is 0 Å². The number of aliphatic hydroxyl groups excluding tert-OH is 1. The standard InChI is InChI=1S/C23H21NO5/c25-21(15-17-11-13-20(14-12-17)19-9-5-2-6-10-19)22(26)29-24-23(27)28-16-18-7-3-1-4-8-18/h1-14,21,25H,15-16H2,(H,24,27)/t21-/m1/s1. The molecule has 0 aromatic heterocycles. The Bertz CT molecular complexity index is 927. The van der Waals surface area contributed by atoms with Crippen LogP contribution in [0.5, 0.6) is 0 Å². The quantitative estimate of drug-likeness (QED) is 0.627. The molecule has 0 unspecified atom stereocenters. The highest BCUT2D eigenvalue weighted by Gasteiger charge is 2.19. The summed E-state index contributed by atoms with van der Waals surface area (Å²) < 4.78 is 4.92. The second-order valence-corrected chi connectivity index (χ2v) is 6.37. The highest BCUT2D eigenvalue weighted by molar-refractivity contribution is 5.77. The van der Waals surface area contributed by atoms with Gasteiger partial charge in [-0.25, -0.2) is 9.59 Å². The average Bonchev–Trinajstić information content (AvgIpc) is 2.77. The number of rotatable bonds is 6. The molecular formula is C23H21NO5. The van der Waals surface area contributed by atoms with E-state index in [-0.39, 0.29) is 13.0 Å². The van der Waals surface area contributed by atoms with Crippen LogP contribution < -0.4 is 5.48 Å². The van der Waals surface area contributed by atoms with Crippen LogP contribution >= 0.6 is 0 Å². The maximum Gasteiger partial charge on any atom is 0.441 e. The molecule has 0 spiro atoms. The van der Waals surface area contributed by atoms with Crippen LogP contribution in [0, 0.1) is 0 Å². The van der Waals surface area contributed by atoms with Crippen LogP contribution in [0.3, 0.4) is 0 Å². The monoisotopic (exact) mass is 391 g/mol. The van der Waals surface area contributed by atoms with E-state index >= 15 is 0 Å². The highest BCUT2D eigenvalue weighted by Crippen LogP contribution is 2.19. The lowest BCUT2D eigenvalue weighted by atomic mass is 10.0. The highest BCUT2D eigenvalue weighted by atomic mass is 16.7. The molecule has 0 radical (unpaired) electrons. The predicted octanol–water partition coefficient (Wildman–Crippen LogP) is 3.64. The van der Waals surface area contributed by atoms with Gasteiger partial charge in [-0.15, -0.1) is 5.48 Å². The van der Waals surface area contributed by atoms with E-state index in [0.29, 0.717) is 0 Å². The summed E-state index contributed by atoms with van der Waals surface area (Å²) in [5.74, 6) is -0.964. The first-order valence-electron chi connectivity index (χ1n) is 9.11. The van der Waals surface area contributed by atoms with Crippen molar-refractivity contribution in [3.63, 3.8) is 0 Å². The summed E-state index contributed by atoms with van der Waals surface area (Å²) >= 11 is 0. The van der Waals surface area contributed by atoms with Gasteiger partial charge in [0.25, 0.3) is 0 Å². The number of hydrogen-bond donors (Lipinski definition) is 2. The summed E-state index contributed by atoms with van der Waals surface area (Å²) in [6.45, 7) is 0.0422. The topological polar surface area (TPSA) is 84.9 Å². The van der Waals surface area contributed by atoms with Crippen LogP contribution in [0.25, 0.3) is 11.1 Å². The number of hydroxylamine groups is 1. The Kier molecular flexibility index (Phi) is 6.97. The smallest absolute Gasteiger partial charge is 0.441 e. The molecule has 3 rings (SSSR count). The summed E-state index contributed by atoms with van der Waals surface area (Å²) in [6.07, 6.45) is -2.26. The second-order valence-electron chi connectivity index (χ2n) is 6.37. The Hall–Kier alpha value is -3.64. The number of amides is 1. The zero-order chi connectivity index (χ0) is 20.5. The Morgan fingerprint density at radius 1 is 0.793 bits per heavy atom. The third kappa shape index (κ3) is 6.19. The molecule has 3 aromatic rings. The lowest BCUT2D eigenvalue weighted by Crippen LogP contribution is -2.34. The van der Waals surface area contributed by atoms with E-state index in [0.717, 1.165) is 22.3 Å². The molecule has 0 aliphatic carbocycles. The second kappa shape index (κ2) is 10.1. The third-order valence-electron chi connectivity index (χ3n) is 4.21. The Balaban J connectivity index is 1.43. The van der Waals surface area contributed by atoms with Gasteiger partial charge >= 0.3 is 12.1 Å². The Morgan fingerprint density at radius 3 is 2.03 bits per heavy atom. The summed E-state index contributed by atoms with van der Waals surface area (Å²) in [6, 6.07) is 26.5. The molecule has 0 bridgehead atoms. The molecule has 0 saturated heterocycles. The van der Waals surface area contributed by atoms with Gasteiger partial charge in [-0.05, 0) is 22.3 Å². The maximum atomic E-state index is 11.9. The summed E-state index contributed by atoms with van der Waals surface area (Å²) in [4.78, 5) is 28.1. The van der Waals surface area contributed by atoms with E-state index in [1.807, 2.05) is 78.3 Å². The number of hydrogen-bond acceptors (Lipinski definition) is 5. The number of benzene rings is 3. The minimum Gasteiger partial charge on any atom is -0.443 e. The summed E-state index contributed by atoms with van der Waals surface area (Å²) in [5, 5.41) is 10.0. The maximum absolute atomic E-state index is 11.9. The molecule has 0 aliphatic rings.